The zero-order valence-corrected chi connectivity index (χ0v) is 23.2. The van der Waals surface area contributed by atoms with Gasteiger partial charge in [0.1, 0.15) is 0 Å². The number of carbonyl (C=O) groups excluding carboxylic acids is 2. The van der Waals surface area contributed by atoms with Crippen LogP contribution < -0.4 is 5.32 Å². The summed E-state index contributed by atoms with van der Waals surface area (Å²) in [5.41, 5.74) is -3.21. The summed E-state index contributed by atoms with van der Waals surface area (Å²) in [4.78, 5) is 33.1. The van der Waals surface area contributed by atoms with E-state index in [0.717, 1.165) is 17.8 Å². The largest absolute Gasteiger partial charge is 0.416 e. The van der Waals surface area contributed by atoms with Crippen molar-refractivity contribution in [1.29, 1.82) is 0 Å². The Hall–Kier alpha value is -2.38. The molecule has 0 bridgehead atoms. The molecule has 1 aromatic carbocycles. The van der Waals surface area contributed by atoms with Gasteiger partial charge in [-0.3, -0.25) is 19.4 Å². The molecule has 1 saturated heterocycles. The fraction of sp³-hybridized carbons (Fsp3) is 0.577. The molecule has 1 atom stereocenters. The van der Waals surface area contributed by atoms with E-state index in [1.807, 2.05) is 26.8 Å². The van der Waals surface area contributed by atoms with Gasteiger partial charge in [0.15, 0.2) is 5.84 Å². The lowest BCUT2D eigenvalue weighted by atomic mass is 9.85. The van der Waals surface area contributed by atoms with Crippen LogP contribution in [-0.2, 0) is 23.7 Å². The van der Waals surface area contributed by atoms with Crippen molar-refractivity contribution in [1.82, 2.24) is 15.1 Å². The molecule has 0 radical (unpaired) electrons. The molecule has 0 spiro atoms. The number of nitrogens with zero attached hydrogens (tertiary/aromatic N) is 3. The van der Waals surface area contributed by atoms with Gasteiger partial charge in [-0.25, -0.2) is 0 Å². The number of piperidine rings is 1. The number of benzene rings is 1. The lowest BCUT2D eigenvalue weighted by Gasteiger charge is -2.34. The van der Waals surface area contributed by atoms with Gasteiger partial charge in [0.25, 0.3) is 0 Å². The molecule has 2 heterocycles. The fourth-order valence-electron chi connectivity index (χ4n) is 4.99. The Labute approximate surface area is 227 Å². The molecule has 1 N–H and O–H groups in total. The number of likely N-dealkylation sites (tertiary alicyclic amines) is 1. The van der Waals surface area contributed by atoms with E-state index in [2.05, 4.69) is 10.3 Å². The first kappa shape index (κ1) is 31.2. The van der Waals surface area contributed by atoms with Gasteiger partial charge in [-0.1, -0.05) is 32.9 Å². The maximum Gasteiger partial charge on any atom is 0.416 e. The van der Waals surface area contributed by atoms with E-state index in [4.69, 9.17) is 0 Å². The highest BCUT2D eigenvalue weighted by molar-refractivity contribution is 8.18. The molecule has 0 aromatic heterocycles. The number of thioether (sulfide) groups is 1. The van der Waals surface area contributed by atoms with Crippen molar-refractivity contribution >= 4 is 28.7 Å². The number of carbonyl (C=O) groups is 2. The minimum Gasteiger partial charge on any atom is -0.308 e. The Bertz CT molecular complexity index is 1150. The summed E-state index contributed by atoms with van der Waals surface area (Å²) in [5.74, 6) is -0.119. The molecular weight excluding hydrogens is 546 g/mol. The Kier molecular flexibility index (Phi) is 9.28. The predicted octanol–water partition coefficient (Wildman–Crippen LogP) is 6.18. The van der Waals surface area contributed by atoms with E-state index in [9.17, 15) is 35.9 Å². The second-order valence-corrected chi connectivity index (χ2v) is 12.1. The molecular formula is C26H32F6N4O2S. The number of aliphatic imine (C=N–C) groups is 1. The van der Waals surface area contributed by atoms with Crippen LogP contribution in [0.2, 0.25) is 0 Å². The second kappa shape index (κ2) is 11.6. The Morgan fingerprint density at radius 3 is 2.26 bits per heavy atom. The maximum absolute atomic E-state index is 13.5. The Balaban J connectivity index is 1.67. The predicted molar refractivity (Wildman–Crippen MR) is 138 cm³/mol. The van der Waals surface area contributed by atoms with Crippen LogP contribution in [-0.4, -0.2) is 60.0 Å². The van der Waals surface area contributed by atoms with E-state index in [0.29, 0.717) is 36.9 Å². The van der Waals surface area contributed by atoms with Crippen molar-refractivity contribution in [3.63, 3.8) is 0 Å². The number of halogens is 6. The molecule has 2 amide bonds. The Morgan fingerprint density at radius 1 is 1.13 bits per heavy atom. The SMILES string of the molecule is CN(C)[C@H](C(=O)NC1=NC(=O)S/C1=C\C1CCN(Cc2ccc(C(F)(F)F)cc2C(F)(F)F)CC1)C(C)(C)C. The van der Waals surface area contributed by atoms with Crippen LogP contribution in [0.25, 0.3) is 0 Å². The first-order valence-corrected chi connectivity index (χ1v) is 13.2. The number of hydrogen-bond acceptors (Lipinski definition) is 5. The molecule has 2 aliphatic rings. The molecule has 1 aromatic rings. The monoisotopic (exact) mass is 578 g/mol. The van der Waals surface area contributed by atoms with Gasteiger partial charge in [-0.15, -0.1) is 0 Å². The van der Waals surface area contributed by atoms with Crippen LogP contribution in [0.15, 0.2) is 34.2 Å². The number of rotatable bonds is 5. The topological polar surface area (TPSA) is 65.0 Å². The lowest BCUT2D eigenvalue weighted by molar-refractivity contribution is -0.143. The summed E-state index contributed by atoms with van der Waals surface area (Å²) in [6.07, 6.45) is -6.81. The quantitative estimate of drug-likeness (QED) is 0.423. The standard InChI is InChI=1S/C26H32F6N4O2S/c1-24(2,3)20(35(4)5)22(37)33-21-19(39-23(38)34-21)12-15-8-10-36(11-9-15)14-16-6-7-17(25(27,28)29)13-18(16)26(30,31)32/h6-7,12-13,15,20H,8-11,14H2,1-5H3,(H,33,34,37,38)/b19-12-/t20-/m1/s1. The summed E-state index contributed by atoms with van der Waals surface area (Å²) in [6.45, 7) is 6.49. The van der Waals surface area contributed by atoms with Crippen LogP contribution in [0, 0.1) is 11.3 Å². The third-order valence-corrected chi connectivity index (χ3v) is 7.43. The molecule has 6 nitrogen and oxygen atoms in total. The van der Waals surface area contributed by atoms with Crippen molar-refractivity contribution in [3.05, 3.63) is 45.9 Å². The van der Waals surface area contributed by atoms with Crippen molar-refractivity contribution in [3.8, 4) is 0 Å². The summed E-state index contributed by atoms with van der Waals surface area (Å²) < 4.78 is 79.4. The minimum atomic E-state index is -4.91. The van der Waals surface area contributed by atoms with E-state index in [1.165, 1.54) is 0 Å². The van der Waals surface area contributed by atoms with Crippen LogP contribution in [0.5, 0.6) is 0 Å². The number of amidine groups is 1. The molecule has 2 aliphatic heterocycles. The molecule has 3 rings (SSSR count). The van der Waals surface area contributed by atoms with Crippen molar-refractivity contribution < 1.29 is 35.9 Å². The summed E-state index contributed by atoms with van der Waals surface area (Å²) >= 11 is 0.908. The maximum atomic E-state index is 13.5. The average Bonchev–Trinajstić information content (AvgIpc) is 3.10. The number of likely N-dealkylation sites (N-methyl/N-ethyl adjacent to an activating group) is 1. The first-order chi connectivity index (χ1) is 17.9. The lowest BCUT2D eigenvalue weighted by Crippen LogP contribution is -2.52. The van der Waals surface area contributed by atoms with Gasteiger partial charge >= 0.3 is 17.6 Å². The van der Waals surface area contributed by atoms with E-state index >= 15 is 0 Å². The summed E-state index contributed by atoms with van der Waals surface area (Å²) in [5, 5.41) is 2.33. The second-order valence-electron chi connectivity index (χ2n) is 11.1. The zero-order valence-electron chi connectivity index (χ0n) is 22.3. The molecule has 0 aliphatic carbocycles. The van der Waals surface area contributed by atoms with Gasteiger partial charge in [0.05, 0.1) is 22.1 Å². The molecule has 0 saturated carbocycles. The summed E-state index contributed by atoms with van der Waals surface area (Å²) in [6, 6.07) is 1.25. The third kappa shape index (κ3) is 8.07. The smallest absolute Gasteiger partial charge is 0.308 e. The number of hydrogen-bond donors (Lipinski definition) is 1. The van der Waals surface area contributed by atoms with E-state index < -0.39 is 34.8 Å². The fourth-order valence-corrected chi connectivity index (χ4v) is 5.77. The number of amides is 2. The highest BCUT2D eigenvalue weighted by Crippen LogP contribution is 2.38. The first-order valence-electron chi connectivity index (χ1n) is 12.4. The summed E-state index contributed by atoms with van der Waals surface area (Å²) in [7, 11) is 3.58. The average molecular weight is 579 g/mol. The van der Waals surface area contributed by atoms with Gasteiger partial charge in [0, 0.05) is 6.54 Å². The van der Waals surface area contributed by atoms with Crippen LogP contribution in [0.1, 0.15) is 50.3 Å². The highest BCUT2D eigenvalue weighted by Gasteiger charge is 2.39. The molecule has 39 heavy (non-hydrogen) atoms. The highest BCUT2D eigenvalue weighted by atomic mass is 32.2. The van der Waals surface area contributed by atoms with Gasteiger partial charge < -0.3 is 5.32 Å². The van der Waals surface area contributed by atoms with E-state index in [-0.39, 0.29) is 41.3 Å². The van der Waals surface area contributed by atoms with Crippen molar-refractivity contribution in [2.45, 2.75) is 58.6 Å². The van der Waals surface area contributed by atoms with Gasteiger partial charge in [-0.05, 0) is 80.8 Å². The van der Waals surface area contributed by atoms with Crippen LogP contribution >= 0.6 is 11.8 Å². The minimum absolute atomic E-state index is 0.0151. The zero-order chi connectivity index (χ0) is 29.3. The number of allylic oxidation sites excluding steroid dienone is 1. The van der Waals surface area contributed by atoms with Crippen LogP contribution in [0.3, 0.4) is 0 Å². The van der Waals surface area contributed by atoms with Crippen molar-refractivity contribution in [2.24, 2.45) is 16.3 Å². The normalized spacial score (nSPS) is 20.1. The van der Waals surface area contributed by atoms with E-state index in [1.54, 1.807) is 23.9 Å². The third-order valence-electron chi connectivity index (χ3n) is 6.62. The molecule has 216 valence electrons. The number of nitrogens with one attached hydrogen (secondary N) is 1. The Morgan fingerprint density at radius 2 is 1.74 bits per heavy atom. The number of alkyl halides is 6. The molecule has 13 heteroatoms. The van der Waals surface area contributed by atoms with Gasteiger partial charge in [-0.2, -0.15) is 31.3 Å². The van der Waals surface area contributed by atoms with Crippen LogP contribution in [0.4, 0.5) is 31.1 Å². The van der Waals surface area contributed by atoms with Crippen molar-refractivity contribution in [2.75, 3.05) is 27.2 Å². The van der Waals surface area contributed by atoms with Gasteiger partial charge in [0.2, 0.25) is 5.91 Å². The molecule has 0 unspecified atom stereocenters. The molecule has 1 fully saturated rings.